The van der Waals surface area contributed by atoms with Gasteiger partial charge in [0.15, 0.2) is 0 Å². The molecule has 0 unspecified atom stereocenters. The molecule has 3 heterocycles. The van der Waals surface area contributed by atoms with Gasteiger partial charge in [-0.05, 0) is 53.8 Å². The van der Waals surface area contributed by atoms with Crippen molar-refractivity contribution >= 4 is 57.4 Å². The molecule has 0 aliphatic carbocycles. The highest BCUT2D eigenvalue weighted by Gasteiger charge is 2.20. The third-order valence-electron chi connectivity index (χ3n) is 4.08. The van der Waals surface area contributed by atoms with Crippen LogP contribution in [0.5, 0.6) is 0 Å². The molecule has 0 bridgehead atoms. The fraction of sp³-hybridized carbons (Fsp3) is 0.167. The largest absolute Gasteiger partial charge is 0.366 e. The van der Waals surface area contributed by atoms with Crippen LogP contribution in [0.25, 0.3) is 0 Å². The van der Waals surface area contributed by atoms with E-state index in [1.807, 2.05) is 29.0 Å². The monoisotopic (exact) mass is 389 g/mol. The first-order valence-corrected chi connectivity index (χ1v) is 10.0. The number of carbonyl (C=O) groups is 1. The zero-order chi connectivity index (χ0) is 17.2. The first kappa shape index (κ1) is 16.4. The summed E-state index contributed by atoms with van der Waals surface area (Å²) in [6.07, 6.45) is 0.982. The normalized spacial score (nSPS) is 12.9. The van der Waals surface area contributed by atoms with Gasteiger partial charge in [0.05, 0.1) is 16.6 Å². The summed E-state index contributed by atoms with van der Waals surface area (Å²) in [6.45, 7) is 1.85. The summed E-state index contributed by atoms with van der Waals surface area (Å²) >= 11 is 9.19. The fourth-order valence-electron chi connectivity index (χ4n) is 2.97. The topological polar surface area (TPSA) is 44.4 Å². The third-order valence-corrected chi connectivity index (χ3v) is 5.98. The minimum atomic E-state index is -0.221. The third kappa shape index (κ3) is 3.81. The second-order valence-corrected chi connectivity index (χ2v) is 8.39. The number of nitrogens with one attached hydrogen (secondary N) is 2. The van der Waals surface area contributed by atoms with Gasteiger partial charge in [0, 0.05) is 28.2 Å². The zero-order valence-corrected chi connectivity index (χ0v) is 15.7. The summed E-state index contributed by atoms with van der Waals surface area (Å²) in [4.78, 5) is 15.7. The number of halogens is 1. The van der Waals surface area contributed by atoms with Crippen molar-refractivity contribution in [2.24, 2.45) is 0 Å². The van der Waals surface area contributed by atoms with Crippen LogP contribution in [0.3, 0.4) is 0 Å². The quantitative estimate of drug-likeness (QED) is 0.603. The maximum atomic E-state index is 12.0. The molecular weight excluding hydrogens is 374 g/mol. The highest BCUT2D eigenvalue weighted by Crippen LogP contribution is 2.33. The van der Waals surface area contributed by atoms with Crippen LogP contribution in [0.1, 0.15) is 10.4 Å². The average Bonchev–Trinajstić information content (AvgIpc) is 3.30. The lowest BCUT2D eigenvalue weighted by Gasteiger charge is -2.18. The molecule has 0 atom stereocenters. The number of benzene rings is 1. The van der Waals surface area contributed by atoms with Crippen molar-refractivity contribution in [1.82, 2.24) is 0 Å². The Morgan fingerprint density at radius 3 is 2.80 bits per heavy atom. The Morgan fingerprint density at radius 2 is 2.04 bits per heavy atom. The Kier molecular flexibility index (Phi) is 4.65. The number of carbonyl (C=O) groups excluding carboxylic acids is 1. The lowest BCUT2D eigenvalue weighted by molar-refractivity contribution is 0.262. The number of anilines is 3. The van der Waals surface area contributed by atoms with Gasteiger partial charge in [-0.3, -0.25) is 0 Å². The Bertz CT molecular complexity index is 892. The molecule has 3 aromatic rings. The molecule has 128 valence electrons. The van der Waals surface area contributed by atoms with Gasteiger partial charge in [0.1, 0.15) is 0 Å². The van der Waals surface area contributed by atoms with Gasteiger partial charge >= 0.3 is 6.03 Å². The molecule has 4 rings (SSSR count). The summed E-state index contributed by atoms with van der Waals surface area (Å²) in [5.41, 5.74) is 4.11. The number of urea groups is 1. The molecule has 2 amide bonds. The molecule has 1 aliphatic heterocycles. The fourth-order valence-corrected chi connectivity index (χ4v) is 4.66. The molecule has 4 nitrogen and oxygen atoms in total. The molecule has 25 heavy (non-hydrogen) atoms. The second-order valence-electron chi connectivity index (χ2n) is 5.81. The van der Waals surface area contributed by atoms with Crippen molar-refractivity contribution in [3.05, 3.63) is 61.9 Å². The van der Waals surface area contributed by atoms with E-state index in [0.29, 0.717) is 0 Å². The predicted molar refractivity (Wildman–Crippen MR) is 107 cm³/mol. The smallest absolute Gasteiger partial charge is 0.323 e. The first-order chi connectivity index (χ1) is 12.2. The Hall–Kier alpha value is -2.02. The van der Waals surface area contributed by atoms with Crippen LogP contribution in [-0.4, -0.2) is 12.6 Å². The number of hydrogen-bond donors (Lipinski definition) is 2. The summed E-state index contributed by atoms with van der Waals surface area (Å²) in [6, 6.07) is 11.8. The maximum Gasteiger partial charge on any atom is 0.323 e. The highest BCUT2D eigenvalue weighted by atomic mass is 35.5. The van der Waals surface area contributed by atoms with E-state index in [0.717, 1.165) is 35.2 Å². The van der Waals surface area contributed by atoms with Crippen LogP contribution >= 0.6 is 34.3 Å². The number of nitrogens with zero attached hydrogens (tertiary/aromatic N) is 1. The van der Waals surface area contributed by atoms with Gasteiger partial charge < -0.3 is 15.5 Å². The lowest BCUT2D eigenvalue weighted by Crippen LogP contribution is -2.19. The molecule has 7 heteroatoms. The van der Waals surface area contributed by atoms with Crippen molar-refractivity contribution in [3.8, 4) is 0 Å². The Balaban J connectivity index is 1.43. The van der Waals surface area contributed by atoms with Gasteiger partial charge in [-0.2, -0.15) is 11.3 Å². The van der Waals surface area contributed by atoms with Crippen molar-refractivity contribution < 1.29 is 4.79 Å². The molecule has 0 spiro atoms. The van der Waals surface area contributed by atoms with Crippen LogP contribution in [0.15, 0.2) is 47.2 Å². The SMILES string of the molecule is O=C(Nc1ccsc1)Nc1ccc2c(c1)CCN2Cc1ccc(Cl)s1. The molecule has 0 radical (unpaired) electrons. The minimum absolute atomic E-state index is 0.221. The molecular formula is C18H16ClN3OS2. The van der Waals surface area contributed by atoms with E-state index in [1.165, 1.54) is 16.1 Å². The molecule has 0 fully saturated rings. The van der Waals surface area contributed by atoms with E-state index in [9.17, 15) is 4.79 Å². The van der Waals surface area contributed by atoms with E-state index in [1.54, 1.807) is 22.7 Å². The number of thiophene rings is 2. The van der Waals surface area contributed by atoms with Gasteiger partial charge in [0.2, 0.25) is 0 Å². The van der Waals surface area contributed by atoms with Gasteiger partial charge in [-0.1, -0.05) is 11.6 Å². The molecule has 2 N–H and O–H groups in total. The molecule has 1 aliphatic rings. The molecule has 0 saturated carbocycles. The van der Waals surface area contributed by atoms with E-state index >= 15 is 0 Å². The molecule has 1 aromatic carbocycles. The van der Waals surface area contributed by atoms with Crippen LogP contribution in [0.2, 0.25) is 4.34 Å². The average molecular weight is 390 g/mol. The van der Waals surface area contributed by atoms with E-state index in [4.69, 9.17) is 11.6 Å². The van der Waals surface area contributed by atoms with Crippen LogP contribution in [0, 0.1) is 0 Å². The number of hydrogen-bond acceptors (Lipinski definition) is 4. The Morgan fingerprint density at radius 1 is 1.16 bits per heavy atom. The van der Waals surface area contributed by atoms with Crippen molar-refractivity contribution in [3.63, 3.8) is 0 Å². The van der Waals surface area contributed by atoms with Gasteiger partial charge in [-0.15, -0.1) is 11.3 Å². The van der Waals surface area contributed by atoms with Crippen LogP contribution < -0.4 is 15.5 Å². The highest BCUT2D eigenvalue weighted by molar-refractivity contribution is 7.16. The molecule has 0 saturated heterocycles. The van der Waals surface area contributed by atoms with E-state index in [-0.39, 0.29) is 6.03 Å². The van der Waals surface area contributed by atoms with E-state index < -0.39 is 0 Å². The number of rotatable bonds is 4. The summed E-state index contributed by atoms with van der Waals surface area (Å²) < 4.78 is 0.825. The molecule has 2 aromatic heterocycles. The number of amides is 2. The van der Waals surface area contributed by atoms with Gasteiger partial charge in [0.25, 0.3) is 0 Å². The van der Waals surface area contributed by atoms with Gasteiger partial charge in [-0.25, -0.2) is 4.79 Å². The minimum Gasteiger partial charge on any atom is -0.366 e. The Labute approximate surface area is 159 Å². The summed E-state index contributed by atoms with van der Waals surface area (Å²) in [7, 11) is 0. The van der Waals surface area contributed by atoms with Crippen molar-refractivity contribution in [2.75, 3.05) is 22.1 Å². The van der Waals surface area contributed by atoms with Crippen LogP contribution in [0.4, 0.5) is 21.9 Å². The lowest BCUT2D eigenvalue weighted by atomic mass is 10.1. The first-order valence-electron chi connectivity index (χ1n) is 7.90. The second kappa shape index (κ2) is 7.07. The zero-order valence-electron chi connectivity index (χ0n) is 13.3. The van der Waals surface area contributed by atoms with Crippen molar-refractivity contribution in [2.45, 2.75) is 13.0 Å². The standard InChI is InChI=1S/C18H16ClN3OS2/c19-17-4-2-15(25-17)10-22-7-5-12-9-13(1-3-16(12)22)20-18(23)21-14-6-8-24-11-14/h1-4,6,8-9,11H,5,7,10H2,(H2,20,21,23). The summed E-state index contributed by atoms with van der Waals surface area (Å²) in [5, 5.41) is 9.55. The van der Waals surface area contributed by atoms with Crippen molar-refractivity contribution in [1.29, 1.82) is 0 Å². The van der Waals surface area contributed by atoms with E-state index in [2.05, 4.69) is 33.7 Å². The maximum absolute atomic E-state index is 12.0. The summed E-state index contributed by atoms with van der Waals surface area (Å²) in [5.74, 6) is 0. The predicted octanol–water partition coefficient (Wildman–Crippen LogP) is 5.67. The number of fused-ring (bicyclic) bond motifs is 1. The van der Waals surface area contributed by atoms with Crippen LogP contribution in [-0.2, 0) is 13.0 Å².